The molecule has 23 heavy (non-hydrogen) atoms. The second-order valence-corrected chi connectivity index (χ2v) is 5.56. The van der Waals surface area contributed by atoms with Gasteiger partial charge in [-0.3, -0.25) is 4.68 Å². The van der Waals surface area contributed by atoms with Gasteiger partial charge in [0, 0.05) is 18.3 Å². The number of aromatic nitrogens is 2. The molecular weight excluding hydrogens is 286 g/mol. The first-order valence-corrected chi connectivity index (χ1v) is 7.79. The van der Waals surface area contributed by atoms with Crippen LogP contribution in [0, 0.1) is 0 Å². The SMILES string of the molecule is OCC(NCc1cnn(Cc2ccccc2)c1)c1ccccc1. The van der Waals surface area contributed by atoms with Crippen LogP contribution in [-0.4, -0.2) is 21.5 Å². The minimum absolute atomic E-state index is 0.0614. The Morgan fingerprint density at radius 2 is 1.65 bits per heavy atom. The van der Waals surface area contributed by atoms with Crippen LogP contribution >= 0.6 is 0 Å². The zero-order valence-electron chi connectivity index (χ0n) is 13.0. The monoisotopic (exact) mass is 307 g/mol. The van der Waals surface area contributed by atoms with Crippen LogP contribution in [0.5, 0.6) is 0 Å². The van der Waals surface area contributed by atoms with Gasteiger partial charge in [0.25, 0.3) is 0 Å². The van der Waals surface area contributed by atoms with E-state index in [9.17, 15) is 5.11 Å². The van der Waals surface area contributed by atoms with E-state index in [4.69, 9.17) is 0 Å². The fourth-order valence-electron chi connectivity index (χ4n) is 2.57. The summed E-state index contributed by atoms with van der Waals surface area (Å²) in [6, 6.07) is 20.2. The van der Waals surface area contributed by atoms with E-state index in [2.05, 4.69) is 22.5 Å². The van der Waals surface area contributed by atoms with E-state index in [0.717, 1.165) is 17.7 Å². The molecule has 4 heteroatoms. The summed E-state index contributed by atoms with van der Waals surface area (Å²) >= 11 is 0. The normalized spacial score (nSPS) is 12.2. The fourth-order valence-corrected chi connectivity index (χ4v) is 2.57. The summed E-state index contributed by atoms with van der Waals surface area (Å²) in [6.45, 7) is 1.51. The Morgan fingerprint density at radius 3 is 2.35 bits per heavy atom. The smallest absolute Gasteiger partial charge is 0.0659 e. The van der Waals surface area contributed by atoms with Gasteiger partial charge in [-0.15, -0.1) is 0 Å². The highest BCUT2D eigenvalue weighted by molar-refractivity contribution is 5.19. The van der Waals surface area contributed by atoms with Crippen LogP contribution in [0.3, 0.4) is 0 Å². The molecule has 2 aromatic carbocycles. The number of rotatable bonds is 7. The van der Waals surface area contributed by atoms with E-state index in [-0.39, 0.29) is 12.6 Å². The van der Waals surface area contributed by atoms with Gasteiger partial charge < -0.3 is 10.4 Å². The highest BCUT2D eigenvalue weighted by Crippen LogP contribution is 2.12. The molecule has 1 aromatic heterocycles. The van der Waals surface area contributed by atoms with Gasteiger partial charge in [-0.2, -0.15) is 5.10 Å². The largest absolute Gasteiger partial charge is 0.394 e. The van der Waals surface area contributed by atoms with Crippen molar-refractivity contribution in [3.8, 4) is 0 Å². The maximum absolute atomic E-state index is 9.57. The van der Waals surface area contributed by atoms with E-state index in [1.165, 1.54) is 5.56 Å². The lowest BCUT2D eigenvalue weighted by Gasteiger charge is -2.16. The van der Waals surface area contributed by atoms with E-state index >= 15 is 0 Å². The lowest BCUT2D eigenvalue weighted by Crippen LogP contribution is -2.23. The van der Waals surface area contributed by atoms with Crippen molar-refractivity contribution in [3.05, 3.63) is 89.7 Å². The Morgan fingerprint density at radius 1 is 0.957 bits per heavy atom. The maximum Gasteiger partial charge on any atom is 0.0659 e. The molecule has 0 aliphatic heterocycles. The van der Waals surface area contributed by atoms with Crippen LogP contribution in [0.25, 0.3) is 0 Å². The Balaban J connectivity index is 1.58. The molecule has 2 N–H and O–H groups in total. The van der Waals surface area contributed by atoms with Gasteiger partial charge in [0.1, 0.15) is 0 Å². The second kappa shape index (κ2) is 7.72. The molecule has 0 radical (unpaired) electrons. The van der Waals surface area contributed by atoms with Crippen molar-refractivity contribution in [1.29, 1.82) is 0 Å². The Kier molecular flexibility index (Phi) is 5.19. The first-order valence-electron chi connectivity index (χ1n) is 7.79. The third-order valence-corrected chi connectivity index (χ3v) is 3.81. The lowest BCUT2D eigenvalue weighted by molar-refractivity contribution is 0.243. The molecule has 0 amide bonds. The molecule has 0 aliphatic carbocycles. The Hall–Kier alpha value is -2.43. The van der Waals surface area contributed by atoms with Gasteiger partial charge in [0.05, 0.1) is 25.4 Å². The molecule has 0 saturated carbocycles. The molecule has 1 unspecified atom stereocenters. The molecule has 3 rings (SSSR count). The van der Waals surface area contributed by atoms with E-state index in [0.29, 0.717) is 6.54 Å². The molecule has 0 aliphatic rings. The molecule has 1 atom stereocenters. The third kappa shape index (κ3) is 4.28. The average Bonchev–Trinajstić information content (AvgIpc) is 3.05. The number of aliphatic hydroxyl groups is 1. The topological polar surface area (TPSA) is 50.1 Å². The van der Waals surface area contributed by atoms with Crippen LogP contribution in [-0.2, 0) is 13.1 Å². The predicted molar refractivity (Wildman–Crippen MR) is 90.9 cm³/mol. The van der Waals surface area contributed by atoms with Crippen LogP contribution in [0.2, 0.25) is 0 Å². The quantitative estimate of drug-likeness (QED) is 0.705. The summed E-state index contributed by atoms with van der Waals surface area (Å²) in [6.07, 6.45) is 3.91. The molecule has 1 heterocycles. The molecule has 0 bridgehead atoms. The molecule has 0 spiro atoms. The summed E-state index contributed by atoms with van der Waals surface area (Å²) in [5.74, 6) is 0. The summed E-state index contributed by atoms with van der Waals surface area (Å²) in [5.41, 5.74) is 3.43. The van der Waals surface area contributed by atoms with Gasteiger partial charge >= 0.3 is 0 Å². The number of hydrogen-bond acceptors (Lipinski definition) is 3. The molecular formula is C19H21N3O. The molecule has 118 valence electrons. The molecule has 3 aromatic rings. The summed E-state index contributed by atoms with van der Waals surface area (Å²) in [7, 11) is 0. The van der Waals surface area contributed by atoms with E-state index in [1.54, 1.807) is 0 Å². The van der Waals surface area contributed by atoms with Crippen molar-refractivity contribution in [2.45, 2.75) is 19.1 Å². The standard InChI is InChI=1S/C19H21N3O/c23-15-19(18-9-5-2-6-10-18)20-11-17-12-21-22(14-17)13-16-7-3-1-4-8-16/h1-10,12,14,19-20,23H,11,13,15H2. The van der Waals surface area contributed by atoms with Crippen molar-refractivity contribution >= 4 is 0 Å². The number of nitrogens with zero attached hydrogens (tertiary/aromatic N) is 2. The zero-order chi connectivity index (χ0) is 15.9. The lowest BCUT2D eigenvalue weighted by atomic mass is 10.1. The van der Waals surface area contributed by atoms with Gasteiger partial charge in [-0.1, -0.05) is 60.7 Å². The first-order chi connectivity index (χ1) is 11.3. The van der Waals surface area contributed by atoms with Gasteiger partial charge in [0.15, 0.2) is 0 Å². The molecule has 0 saturated heterocycles. The minimum atomic E-state index is -0.0614. The van der Waals surface area contributed by atoms with Crippen LogP contribution in [0.4, 0.5) is 0 Å². The summed E-state index contributed by atoms with van der Waals surface area (Å²) in [5, 5.41) is 17.4. The fraction of sp³-hybridized carbons (Fsp3) is 0.211. The average molecular weight is 307 g/mol. The predicted octanol–water partition coefficient (Wildman–Crippen LogP) is 2.75. The first kappa shape index (κ1) is 15.5. The summed E-state index contributed by atoms with van der Waals surface area (Å²) < 4.78 is 1.93. The maximum atomic E-state index is 9.57. The third-order valence-electron chi connectivity index (χ3n) is 3.81. The zero-order valence-corrected chi connectivity index (χ0v) is 13.0. The molecule has 4 nitrogen and oxygen atoms in total. The van der Waals surface area contributed by atoms with Gasteiger partial charge in [-0.05, 0) is 11.1 Å². The highest BCUT2D eigenvalue weighted by atomic mass is 16.3. The van der Waals surface area contributed by atoms with Gasteiger partial charge in [-0.25, -0.2) is 0 Å². The van der Waals surface area contributed by atoms with Crippen LogP contribution < -0.4 is 5.32 Å². The minimum Gasteiger partial charge on any atom is -0.394 e. The van der Waals surface area contributed by atoms with Crippen molar-refractivity contribution in [3.63, 3.8) is 0 Å². The van der Waals surface area contributed by atoms with Crippen molar-refractivity contribution in [2.24, 2.45) is 0 Å². The number of benzene rings is 2. The number of aliphatic hydroxyl groups excluding tert-OH is 1. The van der Waals surface area contributed by atoms with Crippen molar-refractivity contribution in [2.75, 3.05) is 6.61 Å². The van der Waals surface area contributed by atoms with Gasteiger partial charge in [0.2, 0.25) is 0 Å². The van der Waals surface area contributed by atoms with Crippen LogP contribution in [0.1, 0.15) is 22.7 Å². The van der Waals surface area contributed by atoms with E-state index in [1.807, 2.05) is 65.6 Å². The highest BCUT2D eigenvalue weighted by Gasteiger charge is 2.09. The van der Waals surface area contributed by atoms with E-state index < -0.39 is 0 Å². The summed E-state index contributed by atoms with van der Waals surface area (Å²) in [4.78, 5) is 0. The second-order valence-electron chi connectivity index (χ2n) is 5.56. The van der Waals surface area contributed by atoms with Crippen molar-refractivity contribution in [1.82, 2.24) is 15.1 Å². The number of hydrogen-bond donors (Lipinski definition) is 2. The Bertz CT molecular complexity index is 710. The Labute approximate surface area is 136 Å². The van der Waals surface area contributed by atoms with Crippen molar-refractivity contribution < 1.29 is 5.11 Å². The van der Waals surface area contributed by atoms with Crippen LogP contribution in [0.15, 0.2) is 73.1 Å². The molecule has 0 fully saturated rings. The number of nitrogens with one attached hydrogen (secondary N) is 1.